The maximum absolute atomic E-state index is 14.4. The Hall–Kier alpha value is -2.94. The lowest BCUT2D eigenvalue weighted by Gasteiger charge is -2.26. The van der Waals surface area contributed by atoms with Gasteiger partial charge in [0, 0.05) is 23.7 Å². The van der Waals surface area contributed by atoms with Gasteiger partial charge in [-0.05, 0) is 25.1 Å². The molecule has 0 aliphatic carbocycles. The second-order valence-corrected chi connectivity index (χ2v) is 7.53. The number of nitrogens with zero attached hydrogens (tertiary/aromatic N) is 1. The lowest BCUT2D eigenvalue weighted by Crippen LogP contribution is -2.29. The monoisotopic (exact) mass is 434 g/mol. The number of halogens is 2. The number of rotatable bonds is 7. The van der Waals surface area contributed by atoms with Gasteiger partial charge in [-0.15, -0.1) is 11.8 Å². The number of nitrogens with one attached hydrogen (secondary N) is 1. The molecule has 0 saturated carbocycles. The van der Waals surface area contributed by atoms with Crippen molar-refractivity contribution in [1.82, 2.24) is 0 Å². The zero-order valence-electron chi connectivity index (χ0n) is 16.2. The first-order valence-corrected chi connectivity index (χ1v) is 10.4. The maximum atomic E-state index is 14.4. The molecule has 2 amide bonds. The summed E-state index contributed by atoms with van der Waals surface area (Å²) in [5.74, 6) is -2.51. The molecule has 0 aromatic heterocycles. The standard InChI is InChI=1S/C21H20F2N2O4S/c1-2-29-20(28)10-9-18(26)24-16-6-4-3-5-14(16)21-25(19(27)12-30-21)17-11-13(22)7-8-15(17)23/h3-8,11,21H,2,9-10,12H2,1H3,(H,24,26). The molecule has 6 nitrogen and oxygen atoms in total. The van der Waals surface area contributed by atoms with Crippen LogP contribution in [0.25, 0.3) is 0 Å². The van der Waals surface area contributed by atoms with Gasteiger partial charge in [-0.1, -0.05) is 18.2 Å². The van der Waals surface area contributed by atoms with Crippen molar-refractivity contribution >= 4 is 40.9 Å². The summed E-state index contributed by atoms with van der Waals surface area (Å²) in [4.78, 5) is 37.4. The number of hydrogen-bond donors (Lipinski definition) is 1. The maximum Gasteiger partial charge on any atom is 0.306 e. The summed E-state index contributed by atoms with van der Waals surface area (Å²) < 4.78 is 32.9. The number of benzene rings is 2. The van der Waals surface area contributed by atoms with E-state index >= 15 is 0 Å². The van der Waals surface area contributed by atoms with Crippen LogP contribution in [0.4, 0.5) is 20.2 Å². The first-order chi connectivity index (χ1) is 14.4. The molecular weight excluding hydrogens is 414 g/mol. The number of ether oxygens (including phenoxy) is 1. The van der Waals surface area contributed by atoms with Crippen LogP contribution in [-0.2, 0) is 19.1 Å². The molecule has 0 bridgehead atoms. The predicted molar refractivity (Wildman–Crippen MR) is 110 cm³/mol. The van der Waals surface area contributed by atoms with E-state index in [0.717, 1.165) is 18.2 Å². The van der Waals surface area contributed by atoms with Gasteiger partial charge in [-0.2, -0.15) is 0 Å². The summed E-state index contributed by atoms with van der Waals surface area (Å²) in [6.45, 7) is 1.92. The van der Waals surface area contributed by atoms with Gasteiger partial charge in [0.25, 0.3) is 0 Å². The first-order valence-electron chi connectivity index (χ1n) is 9.33. The Morgan fingerprint density at radius 3 is 2.73 bits per heavy atom. The van der Waals surface area contributed by atoms with E-state index in [0.29, 0.717) is 11.3 Å². The number of carbonyl (C=O) groups excluding carboxylic acids is 3. The largest absolute Gasteiger partial charge is 0.466 e. The molecule has 2 aromatic rings. The Balaban J connectivity index is 1.83. The number of esters is 1. The quantitative estimate of drug-likeness (QED) is 0.666. The molecule has 2 aromatic carbocycles. The van der Waals surface area contributed by atoms with Gasteiger partial charge in [0.1, 0.15) is 17.0 Å². The molecule has 1 aliphatic rings. The van der Waals surface area contributed by atoms with Crippen molar-refractivity contribution < 1.29 is 27.9 Å². The van der Waals surface area contributed by atoms with E-state index in [1.165, 1.54) is 16.7 Å². The van der Waals surface area contributed by atoms with Crippen molar-refractivity contribution in [1.29, 1.82) is 0 Å². The summed E-state index contributed by atoms with van der Waals surface area (Å²) in [5.41, 5.74) is 0.848. The fourth-order valence-electron chi connectivity index (χ4n) is 3.07. The fourth-order valence-corrected chi connectivity index (χ4v) is 4.28. The number of thioether (sulfide) groups is 1. The van der Waals surface area contributed by atoms with Gasteiger partial charge >= 0.3 is 5.97 Å². The average molecular weight is 434 g/mol. The van der Waals surface area contributed by atoms with Gasteiger partial charge in [0.15, 0.2) is 0 Å². The molecule has 1 N–H and O–H groups in total. The van der Waals surface area contributed by atoms with Gasteiger partial charge in [0.05, 0.1) is 24.5 Å². The molecule has 158 valence electrons. The number of hydrogen-bond acceptors (Lipinski definition) is 5. The molecule has 1 heterocycles. The lowest BCUT2D eigenvalue weighted by molar-refractivity contribution is -0.144. The summed E-state index contributed by atoms with van der Waals surface area (Å²) in [7, 11) is 0. The van der Waals surface area contributed by atoms with Crippen LogP contribution in [-0.4, -0.2) is 30.1 Å². The van der Waals surface area contributed by atoms with E-state index in [1.807, 2.05) is 0 Å². The van der Waals surface area contributed by atoms with Crippen LogP contribution in [0, 0.1) is 11.6 Å². The van der Waals surface area contributed by atoms with Crippen LogP contribution < -0.4 is 10.2 Å². The van der Waals surface area contributed by atoms with E-state index < -0.39 is 28.9 Å². The lowest BCUT2D eigenvalue weighted by atomic mass is 10.1. The zero-order chi connectivity index (χ0) is 21.7. The minimum absolute atomic E-state index is 0.0564. The van der Waals surface area contributed by atoms with E-state index in [-0.39, 0.29) is 36.8 Å². The van der Waals surface area contributed by atoms with Gasteiger partial charge in [-0.3, -0.25) is 19.3 Å². The van der Waals surface area contributed by atoms with Crippen LogP contribution in [0.1, 0.15) is 30.7 Å². The topological polar surface area (TPSA) is 75.7 Å². The molecule has 1 aliphatic heterocycles. The molecule has 1 saturated heterocycles. The van der Waals surface area contributed by atoms with Gasteiger partial charge in [0.2, 0.25) is 11.8 Å². The molecule has 1 fully saturated rings. The third kappa shape index (κ3) is 4.96. The molecule has 1 atom stereocenters. The molecule has 9 heteroatoms. The Kier molecular flexibility index (Phi) is 7.04. The normalized spacial score (nSPS) is 15.9. The first kappa shape index (κ1) is 21.8. The summed E-state index contributed by atoms with van der Waals surface area (Å²) in [5, 5.41) is 2.09. The number of anilines is 2. The van der Waals surface area contributed by atoms with Crippen LogP contribution in [0.5, 0.6) is 0 Å². The number of para-hydroxylation sites is 1. The second kappa shape index (κ2) is 9.71. The van der Waals surface area contributed by atoms with E-state index in [2.05, 4.69) is 5.32 Å². The average Bonchev–Trinajstić information content (AvgIpc) is 3.10. The van der Waals surface area contributed by atoms with Crippen molar-refractivity contribution in [2.45, 2.75) is 25.1 Å². The van der Waals surface area contributed by atoms with Gasteiger partial charge < -0.3 is 10.1 Å². The van der Waals surface area contributed by atoms with Crippen molar-refractivity contribution in [2.75, 3.05) is 22.6 Å². The van der Waals surface area contributed by atoms with E-state index in [1.54, 1.807) is 31.2 Å². The fraction of sp³-hybridized carbons (Fsp3) is 0.286. The molecule has 0 radical (unpaired) electrons. The predicted octanol–water partition coefficient (Wildman–Crippen LogP) is 4.03. The SMILES string of the molecule is CCOC(=O)CCC(=O)Nc1ccccc1C1SCC(=O)N1c1cc(F)ccc1F. The highest BCUT2D eigenvalue weighted by Crippen LogP contribution is 2.45. The Morgan fingerprint density at radius 2 is 1.97 bits per heavy atom. The second-order valence-electron chi connectivity index (χ2n) is 6.46. The minimum atomic E-state index is -0.715. The van der Waals surface area contributed by atoms with Crippen molar-refractivity contribution in [2.24, 2.45) is 0 Å². The summed E-state index contributed by atoms with van der Waals surface area (Å²) in [6, 6.07) is 9.74. The smallest absolute Gasteiger partial charge is 0.306 e. The highest BCUT2D eigenvalue weighted by atomic mass is 32.2. The van der Waals surface area contributed by atoms with Crippen LogP contribution >= 0.6 is 11.8 Å². The Bertz CT molecular complexity index is 970. The Labute approximate surface area is 176 Å². The number of amides is 2. The van der Waals surface area contributed by atoms with E-state index in [4.69, 9.17) is 4.74 Å². The van der Waals surface area contributed by atoms with Crippen molar-refractivity contribution in [3.05, 3.63) is 59.7 Å². The Morgan fingerprint density at radius 1 is 1.20 bits per heavy atom. The third-order valence-electron chi connectivity index (χ3n) is 4.40. The van der Waals surface area contributed by atoms with Crippen LogP contribution in [0.15, 0.2) is 42.5 Å². The molecule has 1 unspecified atom stereocenters. The highest BCUT2D eigenvalue weighted by Gasteiger charge is 2.37. The van der Waals surface area contributed by atoms with E-state index in [9.17, 15) is 23.2 Å². The van der Waals surface area contributed by atoms with Gasteiger partial charge in [-0.25, -0.2) is 8.78 Å². The third-order valence-corrected chi connectivity index (χ3v) is 5.59. The molecular formula is C21H20F2N2O4S. The summed E-state index contributed by atoms with van der Waals surface area (Å²) in [6.07, 6.45) is -0.120. The van der Waals surface area contributed by atoms with Crippen LogP contribution in [0.3, 0.4) is 0 Å². The highest BCUT2D eigenvalue weighted by molar-refractivity contribution is 8.00. The molecule has 3 rings (SSSR count). The van der Waals surface area contributed by atoms with Crippen LogP contribution in [0.2, 0.25) is 0 Å². The minimum Gasteiger partial charge on any atom is -0.466 e. The van der Waals surface area contributed by atoms with Crippen molar-refractivity contribution in [3.63, 3.8) is 0 Å². The zero-order valence-corrected chi connectivity index (χ0v) is 17.0. The van der Waals surface area contributed by atoms with Crippen molar-refractivity contribution in [3.8, 4) is 0 Å². The summed E-state index contributed by atoms with van der Waals surface area (Å²) >= 11 is 1.25. The molecule has 0 spiro atoms. The molecule has 30 heavy (non-hydrogen) atoms. The number of carbonyl (C=O) groups is 3.